The smallest absolute Gasteiger partial charge is 0.328 e. The van der Waals surface area contributed by atoms with E-state index in [1.165, 1.54) is 19.2 Å². The van der Waals surface area contributed by atoms with Gasteiger partial charge in [0.15, 0.2) is 0 Å². The van der Waals surface area contributed by atoms with Crippen molar-refractivity contribution < 1.29 is 22.7 Å². The zero-order valence-electron chi connectivity index (χ0n) is 15.5. The Kier molecular flexibility index (Phi) is 6.41. The van der Waals surface area contributed by atoms with Crippen molar-refractivity contribution in [3.63, 3.8) is 0 Å². The summed E-state index contributed by atoms with van der Waals surface area (Å²) >= 11 is 0. The molecule has 2 N–H and O–H groups in total. The summed E-state index contributed by atoms with van der Waals surface area (Å²) in [6.45, 7) is 5.59. The van der Waals surface area contributed by atoms with Gasteiger partial charge in [0.1, 0.15) is 6.04 Å². The van der Waals surface area contributed by atoms with Gasteiger partial charge in [-0.3, -0.25) is 4.79 Å². The lowest BCUT2D eigenvalue weighted by Gasteiger charge is -2.19. The van der Waals surface area contributed by atoms with Gasteiger partial charge < -0.3 is 10.1 Å². The number of nitrogens with one attached hydrogen (secondary N) is 2. The maximum atomic E-state index is 12.7. The first-order valence-electron chi connectivity index (χ1n) is 8.65. The number of methoxy groups -OCH3 is 1. The zero-order valence-corrected chi connectivity index (χ0v) is 16.4. The largest absolute Gasteiger partial charge is 0.467 e. The lowest BCUT2D eigenvalue weighted by atomic mass is 10.0. The monoisotopic (exact) mass is 382 g/mol. The van der Waals surface area contributed by atoms with Gasteiger partial charge in [-0.1, -0.05) is 19.9 Å². The van der Waals surface area contributed by atoms with Gasteiger partial charge in [0.2, 0.25) is 10.0 Å². The second-order valence-corrected chi connectivity index (χ2v) is 8.77. The van der Waals surface area contributed by atoms with Crippen molar-refractivity contribution in [3.05, 3.63) is 29.3 Å². The van der Waals surface area contributed by atoms with E-state index in [0.717, 1.165) is 12.8 Å². The minimum Gasteiger partial charge on any atom is -0.467 e. The molecule has 1 aliphatic carbocycles. The van der Waals surface area contributed by atoms with Gasteiger partial charge in [-0.25, -0.2) is 17.9 Å². The average Bonchev–Trinajstić information content (AvgIpc) is 3.36. The fourth-order valence-electron chi connectivity index (χ4n) is 2.57. The summed E-state index contributed by atoms with van der Waals surface area (Å²) in [4.78, 5) is 24.6. The van der Waals surface area contributed by atoms with Crippen LogP contribution in [0.1, 0.15) is 49.0 Å². The molecule has 26 heavy (non-hydrogen) atoms. The number of carbonyl (C=O) groups excluding carboxylic acids is 2. The molecule has 1 amide bonds. The van der Waals surface area contributed by atoms with Crippen LogP contribution in [0.2, 0.25) is 0 Å². The topological polar surface area (TPSA) is 102 Å². The molecule has 1 atom stereocenters. The second kappa shape index (κ2) is 8.18. The molecule has 1 unspecified atom stereocenters. The predicted octanol–water partition coefficient (Wildman–Crippen LogP) is 1.75. The second-order valence-electron chi connectivity index (χ2n) is 7.05. The molecule has 144 valence electrons. The first kappa shape index (κ1) is 20.4. The molecule has 2 rings (SSSR count). The number of ether oxygens (including phenoxy) is 1. The minimum absolute atomic E-state index is 0.0201. The first-order chi connectivity index (χ1) is 12.1. The number of benzene rings is 1. The molecule has 8 heteroatoms. The quantitative estimate of drug-likeness (QED) is 0.667. The van der Waals surface area contributed by atoms with Gasteiger partial charge in [0.05, 0.1) is 12.0 Å². The van der Waals surface area contributed by atoms with Crippen molar-refractivity contribution in [2.45, 2.75) is 57.0 Å². The fraction of sp³-hybridized carbons (Fsp3) is 0.556. The Labute approximate surface area is 154 Å². The van der Waals surface area contributed by atoms with Gasteiger partial charge in [-0.15, -0.1) is 0 Å². The van der Waals surface area contributed by atoms with Crippen LogP contribution in [-0.4, -0.2) is 39.5 Å². The minimum atomic E-state index is -3.66. The molecule has 0 aromatic heterocycles. The van der Waals surface area contributed by atoms with Crippen molar-refractivity contribution >= 4 is 21.9 Å². The summed E-state index contributed by atoms with van der Waals surface area (Å²) in [6, 6.07) is 3.61. The Morgan fingerprint density at radius 2 is 1.92 bits per heavy atom. The van der Waals surface area contributed by atoms with E-state index in [0.29, 0.717) is 12.0 Å². The number of rotatable bonds is 8. The van der Waals surface area contributed by atoms with Crippen LogP contribution < -0.4 is 10.0 Å². The van der Waals surface area contributed by atoms with Crippen LogP contribution in [0.5, 0.6) is 0 Å². The van der Waals surface area contributed by atoms with Crippen molar-refractivity contribution in [2.75, 3.05) is 7.11 Å². The molecular formula is C18H26N2O5S. The van der Waals surface area contributed by atoms with Crippen molar-refractivity contribution in [2.24, 2.45) is 5.92 Å². The summed E-state index contributed by atoms with van der Waals surface area (Å²) in [6.07, 6.45) is 2.08. The van der Waals surface area contributed by atoms with E-state index in [9.17, 15) is 18.0 Å². The van der Waals surface area contributed by atoms with Crippen LogP contribution >= 0.6 is 0 Å². The molecule has 0 aliphatic heterocycles. The highest BCUT2D eigenvalue weighted by Gasteiger charge is 2.29. The molecule has 1 aromatic rings. The molecular weight excluding hydrogens is 356 g/mol. The summed E-state index contributed by atoms with van der Waals surface area (Å²) in [5, 5.41) is 2.66. The third-order valence-electron chi connectivity index (χ3n) is 4.16. The summed E-state index contributed by atoms with van der Waals surface area (Å²) in [5.74, 6) is -0.846. The number of esters is 1. The van der Waals surface area contributed by atoms with Crippen LogP contribution in [0.25, 0.3) is 0 Å². The normalized spacial score (nSPS) is 15.6. The Hall–Kier alpha value is -1.93. The lowest BCUT2D eigenvalue weighted by Crippen LogP contribution is -2.42. The number of amides is 1. The van der Waals surface area contributed by atoms with Crippen molar-refractivity contribution in [3.8, 4) is 0 Å². The third kappa shape index (κ3) is 5.28. The Morgan fingerprint density at radius 3 is 2.46 bits per heavy atom. The van der Waals surface area contributed by atoms with Gasteiger partial charge in [-0.05, 0) is 49.8 Å². The molecule has 0 heterocycles. The number of hydrogen-bond donors (Lipinski definition) is 2. The van der Waals surface area contributed by atoms with E-state index in [2.05, 4.69) is 10.0 Å². The number of carbonyl (C=O) groups is 2. The highest BCUT2D eigenvalue weighted by molar-refractivity contribution is 7.89. The first-order valence-corrected chi connectivity index (χ1v) is 10.1. The van der Waals surface area contributed by atoms with E-state index in [1.807, 2.05) is 13.8 Å². The zero-order chi connectivity index (χ0) is 19.5. The van der Waals surface area contributed by atoms with Gasteiger partial charge in [-0.2, -0.15) is 0 Å². The molecule has 0 saturated heterocycles. The van der Waals surface area contributed by atoms with Crippen LogP contribution in [0.4, 0.5) is 0 Å². The van der Waals surface area contributed by atoms with Gasteiger partial charge >= 0.3 is 5.97 Å². The maximum absolute atomic E-state index is 12.7. The molecule has 7 nitrogen and oxygen atoms in total. The fourth-order valence-corrected chi connectivity index (χ4v) is 3.90. The van der Waals surface area contributed by atoms with Crippen LogP contribution in [0, 0.1) is 12.8 Å². The summed E-state index contributed by atoms with van der Waals surface area (Å²) < 4.78 is 32.1. The van der Waals surface area contributed by atoms with Crippen LogP contribution in [0.15, 0.2) is 23.1 Å². The molecule has 1 aliphatic rings. The number of sulfonamides is 1. The molecule has 0 spiro atoms. The molecule has 0 radical (unpaired) electrons. The van der Waals surface area contributed by atoms with Gasteiger partial charge in [0, 0.05) is 11.6 Å². The van der Waals surface area contributed by atoms with Crippen molar-refractivity contribution in [1.82, 2.24) is 10.0 Å². The Bertz CT molecular complexity index is 785. The SMILES string of the molecule is COC(=O)C(CC(C)C)NC(=O)c1cc(S(=O)(=O)NC2CC2)ccc1C. The predicted molar refractivity (Wildman–Crippen MR) is 97.2 cm³/mol. The highest BCUT2D eigenvalue weighted by atomic mass is 32.2. The molecule has 0 bridgehead atoms. The molecule has 1 saturated carbocycles. The number of aryl methyl sites for hydroxylation is 1. The molecule has 1 fully saturated rings. The summed E-state index contributed by atoms with van der Waals surface area (Å²) in [5.41, 5.74) is 0.849. The van der Waals surface area contributed by atoms with Crippen LogP contribution in [0.3, 0.4) is 0 Å². The van der Waals surface area contributed by atoms with E-state index in [1.54, 1.807) is 13.0 Å². The maximum Gasteiger partial charge on any atom is 0.328 e. The van der Waals surface area contributed by atoms with Gasteiger partial charge in [0.25, 0.3) is 5.91 Å². The Morgan fingerprint density at radius 1 is 1.27 bits per heavy atom. The molecule has 1 aromatic carbocycles. The van der Waals surface area contributed by atoms with E-state index in [4.69, 9.17) is 4.74 Å². The average molecular weight is 382 g/mol. The van der Waals surface area contributed by atoms with Crippen LogP contribution in [-0.2, 0) is 19.6 Å². The van der Waals surface area contributed by atoms with E-state index < -0.39 is 27.9 Å². The standard InChI is InChI=1S/C18H26N2O5S/c1-11(2)9-16(18(22)25-4)19-17(21)15-10-14(8-5-12(15)3)26(23,24)20-13-6-7-13/h5,8,10-11,13,16,20H,6-7,9H2,1-4H3,(H,19,21). The third-order valence-corrected chi connectivity index (χ3v) is 5.68. The number of hydrogen-bond acceptors (Lipinski definition) is 5. The summed E-state index contributed by atoms with van der Waals surface area (Å²) in [7, 11) is -2.39. The van der Waals surface area contributed by atoms with E-state index in [-0.39, 0.29) is 22.4 Å². The highest BCUT2D eigenvalue weighted by Crippen LogP contribution is 2.23. The van der Waals surface area contributed by atoms with E-state index >= 15 is 0 Å². The lowest BCUT2D eigenvalue weighted by molar-refractivity contribution is -0.143. The Balaban J connectivity index is 2.24. The van der Waals surface area contributed by atoms with Crippen molar-refractivity contribution in [1.29, 1.82) is 0 Å².